The number of carbonyl (C=O) groups excluding carboxylic acids is 1. The van der Waals surface area contributed by atoms with E-state index in [1.54, 1.807) is 0 Å². The predicted octanol–water partition coefficient (Wildman–Crippen LogP) is 1.60. The van der Waals surface area contributed by atoms with E-state index < -0.39 is 17.9 Å². The Balaban J connectivity index is 2.39. The van der Waals surface area contributed by atoms with Crippen molar-refractivity contribution in [3.63, 3.8) is 0 Å². The number of ketones is 1. The fourth-order valence-electron chi connectivity index (χ4n) is 2.05. The largest absolute Gasteiger partial charge is 0.478 e. The van der Waals surface area contributed by atoms with E-state index in [4.69, 9.17) is 9.84 Å². The van der Waals surface area contributed by atoms with Gasteiger partial charge in [0.1, 0.15) is 5.75 Å². The Morgan fingerprint density at radius 1 is 1.53 bits per heavy atom. The molecule has 1 heterocycles. The maximum Gasteiger partial charge on any atom is 0.352 e. The van der Waals surface area contributed by atoms with Crippen LogP contribution in [0.4, 0.5) is 0 Å². The summed E-state index contributed by atoms with van der Waals surface area (Å²) in [6.07, 6.45) is 0.569. The van der Waals surface area contributed by atoms with Crippen molar-refractivity contribution in [2.45, 2.75) is 32.3 Å². The number of aliphatic carboxylic acids is 1. The van der Waals surface area contributed by atoms with Gasteiger partial charge in [-0.1, -0.05) is 31.5 Å². The van der Waals surface area contributed by atoms with Crippen molar-refractivity contribution < 1.29 is 19.4 Å². The molecule has 1 atom stereocenters. The minimum Gasteiger partial charge on any atom is -0.478 e. The van der Waals surface area contributed by atoms with E-state index in [1.807, 2.05) is 25.1 Å². The smallest absolute Gasteiger partial charge is 0.352 e. The quantitative estimate of drug-likeness (QED) is 0.807. The second-order valence-corrected chi connectivity index (χ2v) is 4.13. The lowest BCUT2D eigenvalue weighted by molar-refractivity contribution is -0.150. The number of fused-ring (bicyclic) bond motifs is 1. The molecule has 4 nitrogen and oxygen atoms in total. The van der Waals surface area contributed by atoms with Gasteiger partial charge in [-0.2, -0.15) is 0 Å². The van der Waals surface area contributed by atoms with Crippen LogP contribution in [0.5, 0.6) is 5.75 Å². The van der Waals surface area contributed by atoms with Crippen LogP contribution < -0.4 is 4.74 Å². The zero-order valence-corrected chi connectivity index (χ0v) is 9.60. The molecule has 0 spiro atoms. The molecule has 0 radical (unpaired) electrons. The predicted molar refractivity (Wildman–Crippen MR) is 61.2 cm³/mol. The number of hydrogen-bond acceptors (Lipinski definition) is 3. The van der Waals surface area contributed by atoms with E-state index in [0.29, 0.717) is 5.75 Å². The van der Waals surface area contributed by atoms with Crippen LogP contribution in [-0.2, 0) is 22.4 Å². The van der Waals surface area contributed by atoms with Gasteiger partial charge in [0, 0.05) is 12.0 Å². The average molecular weight is 234 g/mol. The van der Waals surface area contributed by atoms with E-state index in [1.165, 1.54) is 0 Å². The summed E-state index contributed by atoms with van der Waals surface area (Å²) < 4.78 is 5.34. The molecule has 1 N–H and O–H groups in total. The molecule has 1 aliphatic heterocycles. The van der Waals surface area contributed by atoms with Gasteiger partial charge >= 0.3 is 5.97 Å². The van der Waals surface area contributed by atoms with Crippen molar-refractivity contribution in [3.05, 3.63) is 29.3 Å². The number of para-hydroxylation sites is 1. The van der Waals surface area contributed by atoms with Crippen LogP contribution in [0, 0.1) is 0 Å². The Bertz CT molecular complexity index is 464. The molecule has 0 amide bonds. The topological polar surface area (TPSA) is 63.6 Å². The first kappa shape index (κ1) is 11.6. The number of ether oxygens (including phenoxy) is 1. The Labute approximate surface area is 99.2 Å². The summed E-state index contributed by atoms with van der Waals surface area (Å²) in [4.78, 5) is 22.5. The van der Waals surface area contributed by atoms with E-state index in [2.05, 4.69) is 0 Å². The van der Waals surface area contributed by atoms with Crippen molar-refractivity contribution in [1.82, 2.24) is 0 Å². The summed E-state index contributed by atoms with van der Waals surface area (Å²) in [5.41, 5.74) is 1.77. The number of Topliss-reactive ketones (excluding diaryl/α,β-unsaturated/α-hetero) is 1. The fraction of sp³-hybridized carbons (Fsp3) is 0.385. The van der Waals surface area contributed by atoms with E-state index in [-0.39, 0.29) is 6.42 Å². The second-order valence-electron chi connectivity index (χ2n) is 4.13. The number of carboxylic acids is 1. The first-order valence-electron chi connectivity index (χ1n) is 5.66. The van der Waals surface area contributed by atoms with Gasteiger partial charge < -0.3 is 9.84 Å². The van der Waals surface area contributed by atoms with Crippen molar-refractivity contribution >= 4 is 11.8 Å². The summed E-state index contributed by atoms with van der Waals surface area (Å²) in [6.45, 7) is 2.04. The molecular formula is C13H14O4. The van der Waals surface area contributed by atoms with Gasteiger partial charge in [0.25, 0.3) is 6.10 Å². The summed E-state index contributed by atoms with van der Waals surface area (Å²) in [7, 11) is 0. The highest BCUT2D eigenvalue weighted by atomic mass is 16.5. The minimum absolute atomic E-state index is 0.143. The maximum absolute atomic E-state index is 11.6. The molecule has 0 saturated carbocycles. The molecular weight excluding hydrogens is 220 g/mol. The first-order chi connectivity index (χ1) is 8.13. The minimum atomic E-state index is -1.35. The number of rotatable bonds is 3. The third kappa shape index (κ3) is 2.16. The summed E-state index contributed by atoms with van der Waals surface area (Å²) in [5.74, 6) is -1.02. The third-order valence-electron chi connectivity index (χ3n) is 2.81. The second kappa shape index (κ2) is 4.57. The highest BCUT2D eigenvalue weighted by Crippen LogP contribution is 2.30. The van der Waals surface area contributed by atoms with Gasteiger partial charge in [-0.15, -0.1) is 0 Å². The Morgan fingerprint density at radius 3 is 2.94 bits per heavy atom. The van der Waals surface area contributed by atoms with Gasteiger partial charge in [0.05, 0.1) is 0 Å². The number of hydrogen-bond donors (Lipinski definition) is 1. The molecule has 1 unspecified atom stereocenters. The highest BCUT2D eigenvalue weighted by Gasteiger charge is 2.34. The van der Waals surface area contributed by atoms with Crippen LogP contribution in [0.2, 0.25) is 0 Å². The number of benzene rings is 1. The van der Waals surface area contributed by atoms with Crippen molar-refractivity contribution in [3.8, 4) is 5.75 Å². The van der Waals surface area contributed by atoms with E-state index >= 15 is 0 Å². The molecule has 1 aromatic rings. The molecule has 17 heavy (non-hydrogen) atoms. The molecule has 2 rings (SSSR count). The molecule has 1 aromatic carbocycles. The van der Waals surface area contributed by atoms with Gasteiger partial charge in [-0.25, -0.2) is 4.79 Å². The molecule has 4 heteroatoms. The molecule has 0 aliphatic carbocycles. The Morgan fingerprint density at radius 2 is 2.29 bits per heavy atom. The first-order valence-corrected chi connectivity index (χ1v) is 5.66. The summed E-state index contributed by atoms with van der Waals surface area (Å²) >= 11 is 0. The normalized spacial score (nSPS) is 18.4. The fourth-order valence-corrected chi connectivity index (χ4v) is 2.05. The lowest BCUT2D eigenvalue weighted by atomic mass is 9.96. The van der Waals surface area contributed by atoms with Gasteiger partial charge in [0.2, 0.25) is 0 Å². The van der Waals surface area contributed by atoms with Crippen molar-refractivity contribution in [2.24, 2.45) is 0 Å². The van der Waals surface area contributed by atoms with Crippen molar-refractivity contribution in [2.75, 3.05) is 0 Å². The molecule has 0 saturated heterocycles. The van der Waals surface area contributed by atoms with Crippen LogP contribution in [-0.4, -0.2) is 23.0 Å². The van der Waals surface area contributed by atoms with E-state index in [0.717, 1.165) is 24.0 Å². The molecule has 0 aromatic heterocycles. The number of carbonyl (C=O) groups is 2. The standard InChI is InChI=1S/C13H14O4/c1-2-4-8-5-3-6-9-7-10(14)12(13(15)16)17-11(8)9/h3,5-6,12H,2,4,7H2,1H3,(H,15,16). The van der Waals surface area contributed by atoms with Crippen LogP contribution in [0.15, 0.2) is 18.2 Å². The molecule has 90 valence electrons. The zero-order valence-electron chi connectivity index (χ0n) is 9.60. The van der Waals surface area contributed by atoms with Gasteiger partial charge in [-0.05, 0) is 12.0 Å². The van der Waals surface area contributed by atoms with Crippen molar-refractivity contribution in [1.29, 1.82) is 0 Å². The van der Waals surface area contributed by atoms with Crippen LogP contribution in [0.25, 0.3) is 0 Å². The summed E-state index contributed by atoms with van der Waals surface area (Å²) in [5, 5.41) is 8.91. The van der Waals surface area contributed by atoms with E-state index in [9.17, 15) is 9.59 Å². The van der Waals surface area contributed by atoms with Gasteiger partial charge in [0.15, 0.2) is 5.78 Å². The molecule has 0 bridgehead atoms. The van der Waals surface area contributed by atoms with Crippen LogP contribution in [0.1, 0.15) is 24.5 Å². The number of aryl methyl sites for hydroxylation is 1. The Kier molecular flexibility index (Phi) is 3.13. The zero-order chi connectivity index (χ0) is 12.4. The lowest BCUT2D eigenvalue weighted by Gasteiger charge is -2.24. The number of carboxylic acid groups (broad SMARTS) is 1. The van der Waals surface area contributed by atoms with Crippen LogP contribution in [0.3, 0.4) is 0 Å². The van der Waals surface area contributed by atoms with Crippen LogP contribution >= 0.6 is 0 Å². The Hall–Kier alpha value is -1.84. The third-order valence-corrected chi connectivity index (χ3v) is 2.81. The molecule has 1 aliphatic rings. The summed E-state index contributed by atoms with van der Waals surface area (Å²) in [6, 6.07) is 5.60. The maximum atomic E-state index is 11.6. The lowest BCUT2D eigenvalue weighted by Crippen LogP contribution is -2.40. The SMILES string of the molecule is CCCc1cccc2c1OC(C(=O)O)C(=O)C2. The average Bonchev–Trinajstić information content (AvgIpc) is 2.28. The monoisotopic (exact) mass is 234 g/mol. The molecule has 0 fully saturated rings. The highest BCUT2D eigenvalue weighted by molar-refractivity contribution is 6.03. The van der Waals surface area contributed by atoms with Gasteiger partial charge in [-0.3, -0.25) is 4.79 Å².